The first kappa shape index (κ1) is 14.9. The smallest absolute Gasteiger partial charge is 0.231 e. The Morgan fingerprint density at radius 3 is 2.64 bits per heavy atom. The number of hydrogen-bond acceptors (Lipinski definition) is 3. The van der Waals surface area contributed by atoms with E-state index in [4.69, 9.17) is 33.4 Å². The number of rotatable bonds is 2. The van der Waals surface area contributed by atoms with Gasteiger partial charge in [0.2, 0.25) is 5.78 Å². The van der Waals surface area contributed by atoms with Crippen LogP contribution in [0.25, 0.3) is 11.0 Å². The standard InChI is InChI=1S/C16H10Cl2FNO2/c1-7-4-13-10(6-12(7)19)14(20)16(22-13)15(21)9-3-2-8(17)5-11(9)18/h2-6H,20H2,1H3. The van der Waals surface area contributed by atoms with E-state index in [0.717, 1.165) is 0 Å². The number of aryl methyl sites for hydroxylation is 1. The molecule has 3 rings (SSSR count). The van der Waals surface area contributed by atoms with E-state index >= 15 is 0 Å². The summed E-state index contributed by atoms with van der Waals surface area (Å²) >= 11 is 11.8. The number of halogens is 3. The van der Waals surface area contributed by atoms with Crippen LogP contribution in [0.2, 0.25) is 10.0 Å². The molecule has 112 valence electrons. The second kappa shape index (κ2) is 5.30. The molecule has 0 saturated heterocycles. The lowest BCUT2D eigenvalue weighted by atomic mass is 10.1. The Kier molecular flexibility index (Phi) is 3.59. The van der Waals surface area contributed by atoms with Gasteiger partial charge in [-0.3, -0.25) is 4.79 Å². The molecule has 0 radical (unpaired) electrons. The Balaban J connectivity index is 2.17. The van der Waals surface area contributed by atoms with Crippen LogP contribution >= 0.6 is 23.2 Å². The van der Waals surface area contributed by atoms with Gasteiger partial charge in [-0.2, -0.15) is 0 Å². The number of nitrogen functional groups attached to an aromatic ring is 1. The van der Waals surface area contributed by atoms with Gasteiger partial charge in [-0.25, -0.2) is 4.39 Å². The van der Waals surface area contributed by atoms with Crippen LogP contribution in [0.5, 0.6) is 0 Å². The number of hydrogen-bond donors (Lipinski definition) is 1. The fraction of sp³-hybridized carbons (Fsp3) is 0.0625. The molecule has 0 fully saturated rings. The van der Waals surface area contributed by atoms with Crippen molar-refractivity contribution in [3.63, 3.8) is 0 Å². The van der Waals surface area contributed by atoms with Gasteiger partial charge in [0.05, 0.1) is 10.7 Å². The van der Waals surface area contributed by atoms with E-state index in [2.05, 4.69) is 0 Å². The minimum absolute atomic E-state index is 0.0655. The summed E-state index contributed by atoms with van der Waals surface area (Å²) in [4.78, 5) is 12.5. The molecule has 0 aliphatic carbocycles. The summed E-state index contributed by atoms with van der Waals surface area (Å²) in [5.41, 5.74) is 6.99. The first-order valence-electron chi connectivity index (χ1n) is 6.36. The average molecular weight is 338 g/mol. The minimum Gasteiger partial charge on any atom is -0.450 e. The van der Waals surface area contributed by atoms with Crippen molar-refractivity contribution < 1.29 is 13.6 Å². The quantitative estimate of drug-likeness (QED) is 0.669. The summed E-state index contributed by atoms with van der Waals surface area (Å²) < 4.78 is 19.2. The van der Waals surface area contributed by atoms with Crippen molar-refractivity contribution in [2.24, 2.45) is 0 Å². The lowest BCUT2D eigenvalue weighted by Gasteiger charge is -2.02. The van der Waals surface area contributed by atoms with Crippen LogP contribution in [0.3, 0.4) is 0 Å². The van der Waals surface area contributed by atoms with Crippen LogP contribution in [-0.2, 0) is 0 Å². The van der Waals surface area contributed by atoms with Gasteiger partial charge >= 0.3 is 0 Å². The van der Waals surface area contributed by atoms with E-state index in [1.54, 1.807) is 13.0 Å². The molecule has 0 bridgehead atoms. The van der Waals surface area contributed by atoms with Crippen molar-refractivity contribution in [2.75, 3.05) is 5.73 Å². The zero-order chi connectivity index (χ0) is 16.0. The summed E-state index contributed by atoms with van der Waals surface area (Å²) in [6, 6.07) is 7.25. The molecule has 0 spiro atoms. The summed E-state index contributed by atoms with van der Waals surface area (Å²) in [6.45, 7) is 1.60. The van der Waals surface area contributed by atoms with E-state index in [0.29, 0.717) is 21.6 Å². The topological polar surface area (TPSA) is 56.2 Å². The molecule has 1 heterocycles. The van der Waals surface area contributed by atoms with Crippen LogP contribution in [0.1, 0.15) is 21.7 Å². The first-order valence-corrected chi connectivity index (χ1v) is 7.12. The van der Waals surface area contributed by atoms with E-state index in [1.807, 2.05) is 0 Å². The molecule has 3 nitrogen and oxygen atoms in total. The van der Waals surface area contributed by atoms with Gasteiger partial charge in [-0.05, 0) is 42.8 Å². The molecule has 1 aromatic heterocycles. The zero-order valence-electron chi connectivity index (χ0n) is 11.4. The number of furan rings is 1. The summed E-state index contributed by atoms with van der Waals surface area (Å²) in [5.74, 6) is -0.957. The zero-order valence-corrected chi connectivity index (χ0v) is 12.9. The maximum atomic E-state index is 13.7. The highest BCUT2D eigenvalue weighted by Crippen LogP contribution is 2.33. The van der Waals surface area contributed by atoms with Gasteiger partial charge in [-0.1, -0.05) is 23.2 Å². The highest BCUT2D eigenvalue weighted by molar-refractivity contribution is 6.37. The maximum Gasteiger partial charge on any atom is 0.231 e. The minimum atomic E-state index is -0.478. The van der Waals surface area contributed by atoms with Crippen molar-refractivity contribution in [1.82, 2.24) is 0 Å². The third-order valence-corrected chi connectivity index (χ3v) is 3.94. The molecule has 2 aromatic carbocycles. The molecule has 0 saturated carbocycles. The Morgan fingerprint density at radius 2 is 1.95 bits per heavy atom. The Bertz CT molecular complexity index is 918. The SMILES string of the molecule is Cc1cc2oc(C(=O)c3ccc(Cl)cc3Cl)c(N)c2cc1F. The van der Waals surface area contributed by atoms with Crippen molar-refractivity contribution in [3.05, 3.63) is 63.1 Å². The highest BCUT2D eigenvalue weighted by Gasteiger charge is 2.22. The molecule has 22 heavy (non-hydrogen) atoms. The number of carbonyl (C=O) groups excluding carboxylic acids is 1. The molecule has 0 aliphatic rings. The van der Waals surface area contributed by atoms with Crippen LogP contribution in [-0.4, -0.2) is 5.78 Å². The van der Waals surface area contributed by atoms with Crippen molar-refractivity contribution in [1.29, 1.82) is 0 Å². The monoisotopic (exact) mass is 337 g/mol. The van der Waals surface area contributed by atoms with Crippen LogP contribution in [0, 0.1) is 12.7 Å². The van der Waals surface area contributed by atoms with Gasteiger partial charge < -0.3 is 10.2 Å². The number of benzene rings is 2. The fourth-order valence-electron chi connectivity index (χ4n) is 2.20. The number of fused-ring (bicyclic) bond motifs is 1. The molecule has 0 amide bonds. The number of carbonyl (C=O) groups is 1. The van der Waals surface area contributed by atoms with E-state index in [9.17, 15) is 9.18 Å². The van der Waals surface area contributed by atoms with Gasteiger partial charge in [0.25, 0.3) is 0 Å². The van der Waals surface area contributed by atoms with Crippen LogP contribution in [0.4, 0.5) is 10.1 Å². The number of anilines is 1. The predicted molar refractivity (Wildman–Crippen MR) is 85.2 cm³/mol. The van der Waals surface area contributed by atoms with Gasteiger partial charge in [0.15, 0.2) is 5.76 Å². The molecular weight excluding hydrogens is 328 g/mol. The molecule has 6 heteroatoms. The first-order chi connectivity index (χ1) is 10.4. The van der Waals surface area contributed by atoms with Gasteiger partial charge in [-0.15, -0.1) is 0 Å². The molecule has 3 aromatic rings. The molecule has 0 atom stereocenters. The summed E-state index contributed by atoms with van der Waals surface area (Å²) in [7, 11) is 0. The van der Waals surface area contributed by atoms with E-state index in [1.165, 1.54) is 24.3 Å². The van der Waals surface area contributed by atoms with Gasteiger partial charge in [0, 0.05) is 16.0 Å². The second-order valence-corrected chi connectivity index (χ2v) is 5.74. The Hall–Kier alpha value is -2.04. The largest absolute Gasteiger partial charge is 0.450 e. The third kappa shape index (κ3) is 2.34. The Morgan fingerprint density at radius 1 is 1.23 bits per heavy atom. The fourth-order valence-corrected chi connectivity index (χ4v) is 2.70. The second-order valence-electron chi connectivity index (χ2n) is 4.90. The molecule has 0 aliphatic heterocycles. The normalized spacial score (nSPS) is 11.1. The van der Waals surface area contributed by atoms with Crippen LogP contribution in [0.15, 0.2) is 34.7 Å². The molecular formula is C16H10Cl2FNO2. The molecule has 0 unspecified atom stereocenters. The highest BCUT2D eigenvalue weighted by atomic mass is 35.5. The maximum absolute atomic E-state index is 13.7. The Labute approximate surface area is 135 Å². The van der Waals surface area contributed by atoms with Crippen LogP contribution < -0.4 is 5.73 Å². The molecule has 2 N–H and O–H groups in total. The third-order valence-electron chi connectivity index (χ3n) is 3.39. The van der Waals surface area contributed by atoms with E-state index in [-0.39, 0.29) is 22.0 Å². The van der Waals surface area contributed by atoms with Gasteiger partial charge in [0.1, 0.15) is 11.4 Å². The summed E-state index contributed by atoms with van der Waals surface area (Å²) in [5, 5.41) is 0.966. The number of ketones is 1. The van der Waals surface area contributed by atoms with Crippen molar-refractivity contribution in [3.8, 4) is 0 Å². The number of nitrogens with two attached hydrogens (primary N) is 1. The predicted octanol–water partition coefficient (Wildman–Crippen LogP) is 5.00. The van der Waals surface area contributed by atoms with E-state index < -0.39 is 11.6 Å². The summed E-state index contributed by atoms with van der Waals surface area (Å²) in [6.07, 6.45) is 0. The lowest BCUT2D eigenvalue weighted by molar-refractivity contribution is 0.101. The van der Waals surface area contributed by atoms with Crippen molar-refractivity contribution in [2.45, 2.75) is 6.92 Å². The lowest BCUT2D eigenvalue weighted by Crippen LogP contribution is -2.03. The van der Waals surface area contributed by atoms with Crippen molar-refractivity contribution >= 4 is 45.6 Å². The average Bonchev–Trinajstić information content (AvgIpc) is 2.76.